The van der Waals surface area contributed by atoms with E-state index in [1.807, 2.05) is 32.0 Å². The van der Waals surface area contributed by atoms with Crippen LogP contribution in [0.4, 0.5) is 0 Å². The predicted octanol–water partition coefficient (Wildman–Crippen LogP) is 2.29. The van der Waals surface area contributed by atoms with Gasteiger partial charge in [0.05, 0.1) is 0 Å². The van der Waals surface area contributed by atoms with E-state index in [0.29, 0.717) is 12.1 Å². The van der Waals surface area contributed by atoms with Gasteiger partial charge in [0.15, 0.2) is 0 Å². The molecule has 24 heavy (non-hydrogen) atoms. The first-order valence-electron chi connectivity index (χ1n) is 8.89. The van der Waals surface area contributed by atoms with E-state index in [2.05, 4.69) is 29.4 Å². The highest BCUT2D eigenvalue weighted by molar-refractivity contribution is 5.97. The van der Waals surface area contributed by atoms with Gasteiger partial charge in [0.1, 0.15) is 6.04 Å². The van der Waals surface area contributed by atoms with Crippen molar-refractivity contribution in [2.24, 2.45) is 5.92 Å². The molecular weight excluding hydrogens is 302 g/mol. The molecule has 1 aromatic rings. The largest absolute Gasteiger partial charge is 0.353 e. The van der Waals surface area contributed by atoms with Crippen molar-refractivity contribution in [2.75, 3.05) is 26.2 Å². The van der Waals surface area contributed by atoms with Crippen LogP contribution in [0.3, 0.4) is 0 Å². The zero-order valence-corrected chi connectivity index (χ0v) is 15.3. The third kappa shape index (κ3) is 6.32. The topological polar surface area (TPSA) is 61.4 Å². The van der Waals surface area contributed by atoms with Crippen molar-refractivity contribution in [3.05, 3.63) is 35.9 Å². The molecule has 134 valence electrons. The molecule has 2 unspecified atom stereocenters. The molecule has 0 aromatic heterocycles. The summed E-state index contributed by atoms with van der Waals surface area (Å²) in [6.45, 7) is 11.6. The van der Waals surface area contributed by atoms with E-state index in [1.165, 1.54) is 0 Å². The highest BCUT2D eigenvalue weighted by Crippen LogP contribution is 2.09. The smallest absolute Gasteiger partial charge is 0.251 e. The fraction of sp³-hybridized carbons (Fsp3) is 0.579. The van der Waals surface area contributed by atoms with Crippen LogP contribution in [0, 0.1) is 5.92 Å². The molecule has 0 aliphatic rings. The van der Waals surface area contributed by atoms with Gasteiger partial charge in [-0.15, -0.1) is 0 Å². The maximum absolute atomic E-state index is 12.5. The van der Waals surface area contributed by atoms with Gasteiger partial charge in [-0.25, -0.2) is 0 Å². The van der Waals surface area contributed by atoms with E-state index in [-0.39, 0.29) is 17.7 Å². The molecule has 0 radical (unpaired) electrons. The maximum Gasteiger partial charge on any atom is 0.251 e. The van der Waals surface area contributed by atoms with Crippen molar-refractivity contribution < 1.29 is 9.59 Å². The molecule has 0 bridgehead atoms. The number of nitrogens with zero attached hydrogens (tertiary/aromatic N) is 1. The van der Waals surface area contributed by atoms with Crippen molar-refractivity contribution in [1.29, 1.82) is 0 Å². The summed E-state index contributed by atoms with van der Waals surface area (Å²) in [5.41, 5.74) is 0.571. The Balaban J connectivity index is 2.64. The summed E-state index contributed by atoms with van der Waals surface area (Å²) >= 11 is 0. The maximum atomic E-state index is 12.5. The van der Waals surface area contributed by atoms with Crippen molar-refractivity contribution in [3.8, 4) is 0 Å². The molecule has 0 saturated heterocycles. The third-order valence-corrected chi connectivity index (χ3v) is 4.44. The van der Waals surface area contributed by atoms with Crippen LogP contribution in [-0.4, -0.2) is 48.9 Å². The molecule has 0 saturated carbocycles. The molecule has 2 amide bonds. The van der Waals surface area contributed by atoms with Crippen LogP contribution in [0.15, 0.2) is 30.3 Å². The van der Waals surface area contributed by atoms with Crippen LogP contribution >= 0.6 is 0 Å². The quantitative estimate of drug-likeness (QED) is 0.690. The van der Waals surface area contributed by atoms with Gasteiger partial charge < -0.3 is 15.5 Å². The minimum absolute atomic E-state index is 0.0751. The normalized spacial score (nSPS) is 13.4. The molecule has 1 aromatic carbocycles. The van der Waals surface area contributed by atoms with Crippen molar-refractivity contribution in [2.45, 2.75) is 40.2 Å². The molecule has 0 aliphatic carbocycles. The molecule has 5 heteroatoms. The first kappa shape index (κ1) is 20.2. The number of nitrogens with one attached hydrogen (secondary N) is 2. The number of amides is 2. The first-order valence-corrected chi connectivity index (χ1v) is 8.89. The number of hydrogen-bond acceptors (Lipinski definition) is 3. The number of hydrogen-bond donors (Lipinski definition) is 2. The second-order valence-corrected chi connectivity index (χ2v) is 6.02. The average Bonchev–Trinajstić information content (AvgIpc) is 2.63. The Labute approximate surface area is 145 Å². The summed E-state index contributed by atoms with van der Waals surface area (Å²) in [6.07, 6.45) is 0.823. The zero-order valence-electron chi connectivity index (χ0n) is 15.3. The Hall–Kier alpha value is -1.88. The van der Waals surface area contributed by atoms with Gasteiger partial charge in [-0.05, 0) is 31.1 Å². The molecule has 0 fully saturated rings. The SMILES string of the molecule is CCC(C)C(NC(=O)c1ccccc1)C(=O)NCCN(CC)CC. The molecule has 1 rings (SSSR count). The molecule has 2 atom stereocenters. The average molecular weight is 333 g/mol. The molecular formula is C19H31N3O2. The Kier molecular flexibility index (Phi) is 9.08. The van der Waals surface area contributed by atoms with Crippen molar-refractivity contribution in [3.63, 3.8) is 0 Å². The van der Waals surface area contributed by atoms with Crippen molar-refractivity contribution in [1.82, 2.24) is 15.5 Å². The van der Waals surface area contributed by atoms with Gasteiger partial charge >= 0.3 is 0 Å². The summed E-state index contributed by atoms with van der Waals surface area (Å²) in [6, 6.07) is 8.49. The van der Waals surface area contributed by atoms with Gasteiger partial charge in [0.2, 0.25) is 5.91 Å². The zero-order chi connectivity index (χ0) is 17.9. The number of benzene rings is 1. The third-order valence-electron chi connectivity index (χ3n) is 4.44. The summed E-state index contributed by atoms with van der Waals surface area (Å²) in [5.74, 6) is -0.244. The van der Waals surface area contributed by atoms with Crippen molar-refractivity contribution >= 4 is 11.8 Å². The molecule has 0 aliphatic heterocycles. The number of likely N-dealkylation sites (N-methyl/N-ethyl adjacent to an activating group) is 1. The second kappa shape index (κ2) is 10.8. The fourth-order valence-corrected chi connectivity index (χ4v) is 2.50. The number of carbonyl (C=O) groups excluding carboxylic acids is 2. The van der Waals surface area contributed by atoms with Crippen LogP contribution in [0.1, 0.15) is 44.5 Å². The summed E-state index contributed by atoms with van der Waals surface area (Å²) < 4.78 is 0. The lowest BCUT2D eigenvalue weighted by atomic mass is 9.98. The van der Waals surface area contributed by atoms with Gasteiger partial charge in [-0.1, -0.05) is 52.3 Å². The first-order chi connectivity index (χ1) is 11.5. The van der Waals surface area contributed by atoms with E-state index in [9.17, 15) is 9.59 Å². The molecule has 2 N–H and O–H groups in total. The molecule has 0 spiro atoms. The summed E-state index contributed by atoms with van der Waals surface area (Å²) in [4.78, 5) is 27.1. The van der Waals surface area contributed by atoms with Gasteiger partial charge in [0, 0.05) is 18.7 Å². The highest BCUT2D eigenvalue weighted by atomic mass is 16.2. The number of carbonyl (C=O) groups is 2. The summed E-state index contributed by atoms with van der Waals surface area (Å²) in [5, 5.41) is 5.84. The van der Waals surface area contributed by atoms with E-state index >= 15 is 0 Å². The van der Waals surface area contributed by atoms with Gasteiger partial charge in [0.25, 0.3) is 5.91 Å². The lowest BCUT2D eigenvalue weighted by molar-refractivity contribution is -0.124. The minimum atomic E-state index is -0.514. The molecule has 0 heterocycles. The van der Waals surface area contributed by atoms with E-state index in [0.717, 1.165) is 26.1 Å². The van der Waals surface area contributed by atoms with Crippen LogP contribution in [-0.2, 0) is 4.79 Å². The predicted molar refractivity (Wildman–Crippen MR) is 97.9 cm³/mol. The van der Waals surface area contributed by atoms with Crippen LogP contribution in [0.2, 0.25) is 0 Å². The monoisotopic (exact) mass is 333 g/mol. The van der Waals surface area contributed by atoms with E-state index in [4.69, 9.17) is 0 Å². The lowest BCUT2D eigenvalue weighted by Crippen LogP contribution is -2.51. The van der Waals surface area contributed by atoms with Crippen LogP contribution in [0.5, 0.6) is 0 Å². The fourth-order valence-electron chi connectivity index (χ4n) is 2.50. The molecule has 5 nitrogen and oxygen atoms in total. The van der Waals surface area contributed by atoms with Crippen LogP contribution < -0.4 is 10.6 Å². The minimum Gasteiger partial charge on any atom is -0.353 e. The Morgan fingerprint density at radius 3 is 2.25 bits per heavy atom. The second-order valence-electron chi connectivity index (χ2n) is 6.02. The Bertz CT molecular complexity index is 501. The van der Waals surface area contributed by atoms with Crippen LogP contribution in [0.25, 0.3) is 0 Å². The standard InChI is InChI=1S/C19H31N3O2/c1-5-15(4)17(19(24)20-13-14-22(6-2)7-3)21-18(23)16-11-9-8-10-12-16/h8-12,15,17H,5-7,13-14H2,1-4H3,(H,20,24)(H,21,23). The van der Waals surface area contributed by atoms with E-state index < -0.39 is 6.04 Å². The van der Waals surface area contributed by atoms with Gasteiger partial charge in [-0.3, -0.25) is 9.59 Å². The number of rotatable bonds is 10. The van der Waals surface area contributed by atoms with Gasteiger partial charge in [-0.2, -0.15) is 0 Å². The lowest BCUT2D eigenvalue weighted by Gasteiger charge is -2.24. The Morgan fingerprint density at radius 1 is 1.08 bits per heavy atom. The van der Waals surface area contributed by atoms with E-state index in [1.54, 1.807) is 12.1 Å². The summed E-state index contributed by atoms with van der Waals surface area (Å²) in [7, 11) is 0. The highest BCUT2D eigenvalue weighted by Gasteiger charge is 2.26. The Morgan fingerprint density at radius 2 is 1.71 bits per heavy atom.